The fourth-order valence-corrected chi connectivity index (χ4v) is 0.523. The highest BCUT2D eigenvalue weighted by Gasteiger charge is 1.96. The Labute approximate surface area is 65.5 Å². The number of anilines is 1. The van der Waals surface area contributed by atoms with E-state index in [1.807, 2.05) is 13.8 Å². The number of phenolic OH excluding ortho intramolecular Hbond substituents is 1. The molecule has 0 heterocycles. The Hall–Kier alpha value is -1.25. The van der Waals surface area contributed by atoms with Gasteiger partial charge in [0.2, 0.25) is 0 Å². The summed E-state index contributed by atoms with van der Waals surface area (Å²) in [7, 11) is 0. The van der Waals surface area contributed by atoms with E-state index in [2.05, 4.69) is 0 Å². The van der Waals surface area contributed by atoms with Crippen LogP contribution in [0.15, 0.2) is 18.2 Å². The molecular weight excluding hydrogens is 145 g/mol. The Morgan fingerprint density at radius 1 is 1.36 bits per heavy atom. The Kier molecular flexibility index (Phi) is 4.03. The van der Waals surface area contributed by atoms with E-state index >= 15 is 0 Å². The van der Waals surface area contributed by atoms with Crippen molar-refractivity contribution in [3.63, 3.8) is 0 Å². The highest BCUT2D eigenvalue weighted by atomic mass is 19.1. The lowest BCUT2D eigenvalue weighted by molar-refractivity contribution is 0.432. The van der Waals surface area contributed by atoms with Crippen molar-refractivity contribution in [2.75, 3.05) is 5.73 Å². The third-order valence-electron chi connectivity index (χ3n) is 0.972. The molecule has 0 saturated heterocycles. The van der Waals surface area contributed by atoms with Gasteiger partial charge in [0.15, 0.2) is 11.6 Å². The maximum Gasteiger partial charge on any atom is 0.166 e. The quantitative estimate of drug-likeness (QED) is 0.447. The third-order valence-corrected chi connectivity index (χ3v) is 0.972. The van der Waals surface area contributed by atoms with Crippen molar-refractivity contribution < 1.29 is 9.50 Å². The second-order valence-electron chi connectivity index (χ2n) is 1.71. The highest BCUT2D eigenvalue weighted by Crippen LogP contribution is 2.16. The van der Waals surface area contributed by atoms with Crippen molar-refractivity contribution in [2.45, 2.75) is 13.8 Å². The lowest BCUT2D eigenvalue weighted by Crippen LogP contribution is -1.84. The fraction of sp³-hybridized carbons (Fsp3) is 0.250. The van der Waals surface area contributed by atoms with Gasteiger partial charge in [-0.25, -0.2) is 4.39 Å². The van der Waals surface area contributed by atoms with Gasteiger partial charge in [-0.1, -0.05) is 13.8 Å². The van der Waals surface area contributed by atoms with E-state index in [-0.39, 0.29) is 5.75 Å². The monoisotopic (exact) mass is 157 g/mol. The summed E-state index contributed by atoms with van der Waals surface area (Å²) in [4.78, 5) is 0. The summed E-state index contributed by atoms with van der Waals surface area (Å²) in [5, 5.41) is 8.61. The molecule has 0 aliphatic heterocycles. The van der Waals surface area contributed by atoms with E-state index in [1.165, 1.54) is 12.1 Å². The van der Waals surface area contributed by atoms with E-state index < -0.39 is 5.82 Å². The van der Waals surface area contributed by atoms with Crippen LogP contribution in [0.5, 0.6) is 5.75 Å². The minimum Gasteiger partial charge on any atom is -0.505 e. The van der Waals surface area contributed by atoms with Gasteiger partial charge in [0.05, 0.1) is 0 Å². The molecule has 0 radical (unpaired) electrons. The molecule has 0 spiro atoms. The van der Waals surface area contributed by atoms with Crippen LogP contribution in [0.3, 0.4) is 0 Å². The second kappa shape index (κ2) is 4.55. The molecule has 62 valence electrons. The van der Waals surface area contributed by atoms with E-state index in [9.17, 15) is 4.39 Å². The Bertz CT molecular complexity index is 225. The molecule has 0 aromatic heterocycles. The van der Waals surface area contributed by atoms with Crippen LogP contribution in [0.1, 0.15) is 13.8 Å². The zero-order valence-corrected chi connectivity index (χ0v) is 6.63. The SMILES string of the molecule is CC.Nc1ccc(O)c(F)c1. The van der Waals surface area contributed by atoms with E-state index in [0.29, 0.717) is 5.69 Å². The first-order chi connectivity index (χ1) is 5.20. The van der Waals surface area contributed by atoms with Crippen molar-refractivity contribution >= 4 is 5.69 Å². The molecule has 1 aromatic rings. The van der Waals surface area contributed by atoms with Gasteiger partial charge >= 0.3 is 0 Å². The van der Waals surface area contributed by atoms with Crippen LogP contribution in [0.25, 0.3) is 0 Å². The van der Waals surface area contributed by atoms with Gasteiger partial charge < -0.3 is 10.8 Å². The molecule has 0 unspecified atom stereocenters. The summed E-state index contributed by atoms with van der Waals surface area (Å²) in [5.41, 5.74) is 5.49. The lowest BCUT2D eigenvalue weighted by atomic mass is 10.3. The first-order valence-corrected chi connectivity index (χ1v) is 3.44. The van der Waals surface area contributed by atoms with Crippen molar-refractivity contribution in [1.29, 1.82) is 0 Å². The molecule has 0 aliphatic carbocycles. The summed E-state index contributed by atoms with van der Waals surface area (Å²) in [6, 6.07) is 3.71. The molecule has 0 aliphatic rings. The fourth-order valence-electron chi connectivity index (χ4n) is 0.523. The van der Waals surface area contributed by atoms with Gasteiger partial charge in [0.1, 0.15) is 0 Å². The number of nitrogens with two attached hydrogens (primary N) is 1. The molecular formula is C8H12FNO. The zero-order chi connectivity index (χ0) is 8.85. The third kappa shape index (κ3) is 2.89. The number of nitrogen functional groups attached to an aromatic ring is 1. The van der Waals surface area contributed by atoms with Crippen molar-refractivity contribution in [1.82, 2.24) is 0 Å². The maximum absolute atomic E-state index is 12.2. The Balaban J connectivity index is 0.000000461. The standard InChI is InChI=1S/C6H6FNO.C2H6/c7-5-3-4(8)1-2-6(5)9;1-2/h1-3,9H,8H2;1-2H3. The van der Waals surface area contributed by atoms with Gasteiger partial charge in [-0.05, 0) is 12.1 Å². The van der Waals surface area contributed by atoms with Crippen molar-refractivity contribution in [2.24, 2.45) is 0 Å². The number of rotatable bonds is 0. The van der Waals surface area contributed by atoms with Crippen LogP contribution in [0, 0.1) is 5.82 Å². The van der Waals surface area contributed by atoms with E-state index in [1.54, 1.807) is 0 Å². The lowest BCUT2D eigenvalue weighted by Gasteiger charge is -1.93. The average molecular weight is 157 g/mol. The number of aromatic hydroxyl groups is 1. The molecule has 1 rings (SSSR count). The van der Waals surface area contributed by atoms with E-state index in [0.717, 1.165) is 6.07 Å². The van der Waals surface area contributed by atoms with E-state index in [4.69, 9.17) is 10.8 Å². The van der Waals surface area contributed by atoms with Crippen LogP contribution >= 0.6 is 0 Å². The second-order valence-corrected chi connectivity index (χ2v) is 1.71. The average Bonchev–Trinajstić information content (AvgIpc) is 2.02. The van der Waals surface area contributed by atoms with Gasteiger partial charge in [-0.15, -0.1) is 0 Å². The molecule has 3 N–H and O–H groups in total. The summed E-state index contributed by atoms with van der Waals surface area (Å²) in [6.45, 7) is 4.00. The van der Waals surface area contributed by atoms with Crippen LogP contribution in [0.2, 0.25) is 0 Å². The largest absolute Gasteiger partial charge is 0.505 e. The van der Waals surface area contributed by atoms with Crippen LogP contribution in [-0.2, 0) is 0 Å². The molecule has 2 nitrogen and oxygen atoms in total. The Morgan fingerprint density at radius 2 is 1.91 bits per heavy atom. The van der Waals surface area contributed by atoms with Gasteiger partial charge in [-0.2, -0.15) is 0 Å². The highest BCUT2D eigenvalue weighted by molar-refractivity contribution is 5.42. The summed E-state index contributed by atoms with van der Waals surface area (Å²) in [6.07, 6.45) is 0. The summed E-state index contributed by atoms with van der Waals surface area (Å²) >= 11 is 0. The topological polar surface area (TPSA) is 46.2 Å². The smallest absolute Gasteiger partial charge is 0.166 e. The normalized spacial score (nSPS) is 8.27. The molecule has 0 amide bonds. The van der Waals surface area contributed by atoms with Gasteiger partial charge in [-0.3, -0.25) is 0 Å². The summed E-state index contributed by atoms with van der Waals surface area (Å²) < 4.78 is 12.2. The minimum atomic E-state index is -0.685. The number of hydrogen-bond acceptors (Lipinski definition) is 2. The molecule has 0 bridgehead atoms. The predicted octanol–water partition coefficient (Wildman–Crippen LogP) is 2.14. The first kappa shape index (κ1) is 9.75. The van der Waals surface area contributed by atoms with Crippen LogP contribution < -0.4 is 5.73 Å². The molecule has 1 aromatic carbocycles. The zero-order valence-electron chi connectivity index (χ0n) is 6.63. The van der Waals surface area contributed by atoms with Crippen molar-refractivity contribution in [3.8, 4) is 5.75 Å². The number of benzene rings is 1. The van der Waals surface area contributed by atoms with Crippen LogP contribution in [0.4, 0.5) is 10.1 Å². The predicted molar refractivity (Wildman–Crippen MR) is 43.8 cm³/mol. The molecule has 11 heavy (non-hydrogen) atoms. The molecule has 3 heteroatoms. The first-order valence-electron chi connectivity index (χ1n) is 3.44. The molecule has 0 atom stereocenters. The van der Waals surface area contributed by atoms with Crippen molar-refractivity contribution in [3.05, 3.63) is 24.0 Å². The van der Waals surface area contributed by atoms with Crippen LogP contribution in [-0.4, -0.2) is 5.11 Å². The van der Waals surface area contributed by atoms with Gasteiger partial charge in [0, 0.05) is 11.8 Å². The number of halogens is 1. The van der Waals surface area contributed by atoms with Gasteiger partial charge in [0.25, 0.3) is 0 Å². The number of hydrogen-bond donors (Lipinski definition) is 2. The maximum atomic E-state index is 12.2. The number of phenols is 1. The molecule has 0 fully saturated rings. The summed E-state index contributed by atoms with van der Waals surface area (Å²) in [5.74, 6) is -1.06. The Morgan fingerprint density at radius 3 is 2.27 bits per heavy atom. The molecule has 0 saturated carbocycles. The minimum absolute atomic E-state index is 0.310.